The second-order valence-corrected chi connectivity index (χ2v) is 9.65. The van der Waals surface area contributed by atoms with Crippen LogP contribution in [0.25, 0.3) is 10.9 Å². The summed E-state index contributed by atoms with van der Waals surface area (Å²) in [6, 6.07) is 8.94. The molecular weight excluding hydrogens is 462 g/mol. The summed E-state index contributed by atoms with van der Waals surface area (Å²) in [5.74, 6) is -0.424. The van der Waals surface area contributed by atoms with Crippen molar-refractivity contribution in [2.24, 2.45) is 0 Å². The van der Waals surface area contributed by atoms with Gasteiger partial charge in [-0.2, -0.15) is 0 Å². The van der Waals surface area contributed by atoms with Crippen molar-refractivity contribution in [1.82, 2.24) is 14.9 Å². The fourth-order valence-corrected chi connectivity index (χ4v) is 5.20. The van der Waals surface area contributed by atoms with E-state index in [0.29, 0.717) is 41.4 Å². The number of fused-ring (bicyclic) bond motifs is 1. The molecule has 0 saturated carbocycles. The van der Waals surface area contributed by atoms with Gasteiger partial charge in [-0.1, -0.05) is 25.1 Å². The van der Waals surface area contributed by atoms with Gasteiger partial charge in [0.2, 0.25) is 0 Å². The van der Waals surface area contributed by atoms with Crippen LogP contribution in [0.1, 0.15) is 62.2 Å². The van der Waals surface area contributed by atoms with Gasteiger partial charge < -0.3 is 14.8 Å². The Morgan fingerprint density at radius 1 is 1.19 bits per heavy atom. The third-order valence-electron chi connectivity index (χ3n) is 7.10. The molecule has 2 aromatic carbocycles. The van der Waals surface area contributed by atoms with Gasteiger partial charge >= 0.3 is 0 Å². The number of methoxy groups -OCH3 is 1. The Bertz CT molecular complexity index is 1230. The van der Waals surface area contributed by atoms with Crippen molar-refractivity contribution < 1.29 is 18.3 Å². The predicted molar refractivity (Wildman–Crippen MR) is 139 cm³/mol. The number of aromatic nitrogens is 2. The summed E-state index contributed by atoms with van der Waals surface area (Å²) in [7, 11) is 1.62. The lowest BCUT2D eigenvalue weighted by atomic mass is 9.94. The van der Waals surface area contributed by atoms with Crippen molar-refractivity contribution in [3.8, 4) is 11.5 Å². The largest absolute Gasteiger partial charge is 0.493 e. The molecule has 0 aliphatic carbocycles. The summed E-state index contributed by atoms with van der Waals surface area (Å²) >= 11 is 0. The van der Waals surface area contributed by atoms with Crippen molar-refractivity contribution in [2.45, 2.75) is 65.5 Å². The highest BCUT2D eigenvalue weighted by atomic mass is 19.3. The molecule has 0 bridgehead atoms. The number of ether oxygens (including phenoxy) is 2. The van der Waals surface area contributed by atoms with E-state index in [0.717, 1.165) is 42.9 Å². The molecule has 1 aromatic heterocycles. The minimum atomic E-state index is -2.91. The van der Waals surface area contributed by atoms with E-state index in [1.165, 1.54) is 12.5 Å². The van der Waals surface area contributed by atoms with Crippen LogP contribution in [0, 0.1) is 13.8 Å². The number of likely N-dealkylation sites (N-methyl/N-ethyl adjacent to an activating group) is 1. The molecular formula is C28H36F2N4O2. The zero-order chi connectivity index (χ0) is 26.0. The number of nitrogens with zero attached hydrogens (tertiary/aromatic N) is 3. The number of hydrogen-bond acceptors (Lipinski definition) is 6. The van der Waals surface area contributed by atoms with Crippen LogP contribution >= 0.6 is 0 Å². The maximum absolute atomic E-state index is 14.1. The molecule has 2 atom stereocenters. The first-order valence-electron chi connectivity index (χ1n) is 12.6. The number of likely N-dealkylation sites (tertiary alicyclic amines) is 1. The quantitative estimate of drug-likeness (QED) is 0.368. The molecule has 0 spiro atoms. The third kappa shape index (κ3) is 5.38. The number of halogens is 2. The molecule has 1 aliphatic rings. The summed E-state index contributed by atoms with van der Waals surface area (Å²) in [5, 5.41) is 4.23. The van der Waals surface area contributed by atoms with E-state index in [1.54, 1.807) is 20.1 Å². The average molecular weight is 499 g/mol. The molecule has 1 N–H and O–H groups in total. The van der Waals surface area contributed by atoms with E-state index >= 15 is 0 Å². The van der Waals surface area contributed by atoms with Crippen LogP contribution in [0.3, 0.4) is 0 Å². The summed E-state index contributed by atoms with van der Waals surface area (Å²) < 4.78 is 40.1. The Balaban J connectivity index is 1.67. The van der Waals surface area contributed by atoms with E-state index in [9.17, 15) is 8.78 Å². The molecule has 1 aliphatic heterocycles. The molecule has 6 nitrogen and oxygen atoms in total. The molecule has 1 saturated heterocycles. The van der Waals surface area contributed by atoms with Gasteiger partial charge in [0.15, 0.2) is 11.5 Å². The van der Waals surface area contributed by atoms with Crippen LogP contribution in [0.15, 0.2) is 30.3 Å². The second-order valence-electron chi connectivity index (χ2n) is 9.65. The molecule has 0 unspecified atom stereocenters. The Hall–Kier alpha value is -3.00. The smallest absolute Gasteiger partial charge is 0.270 e. The zero-order valence-corrected chi connectivity index (χ0v) is 22.0. The van der Waals surface area contributed by atoms with E-state index in [1.807, 2.05) is 32.0 Å². The number of nitrogens with one attached hydrogen (secondary N) is 1. The van der Waals surface area contributed by atoms with Crippen molar-refractivity contribution in [1.29, 1.82) is 0 Å². The monoisotopic (exact) mass is 498 g/mol. The predicted octanol–water partition coefficient (Wildman–Crippen LogP) is 6.40. The standard InChI is InChI=1S/C28H36F2N4O2/c1-7-34-13-9-10-20(34)16-36-26-14-22-24(15-25(26)35-6)32-19(4)33-27(22)31-18(3)21-11-8-12-23(17(21)2)28(5,29)30/h8,11-12,14-15,18,20H,7,9-10,13,16H2,1-6H3,(H,31,32,33)/t18-,20+/m1/s1. The van der Waals surface area contributed by atoms with E-state index in [2.05, 4.69) is 27.1 Å². The SMILES string of the molecule is CCN1CCC[C@H]1COc1cc2c(N[C@H](C)c3cccc(C(C)(F)F)c3C)nc(C)nc2cc1OC. The van der Waals surface area contributed by atoms with Crippen LogP contribution in [-0.4, -0.2) is 47.7 Å². The van der Waals surface area contributed by atoms with Crippen LogP contribution < -0.4 is 14.8 Å². The van der Waals surface area contributed by atoms with Gasteiger partial charge in [-0.15, -0.1) is 0 Å². The van der Waals surface area contributed by atoms with Gasteiger partial charge in [0, 0.05) is 30.0 Å². The topological polar surface area (TPSA) is 59.5 Å². The van der Waals surface area contributed by atoms with Crippen LogP contribution in [0.2, 0.25) is 0 Å². The molecule has 2 heterocycles. The van der Waals surface area contributed by atoms with Gasteiger partial charge in [-0.05, 0) is 63.9 Å². The lowest BCUT2D eigenvalue weighted by molar-refractivity contribution is 0.0167. The molecule has 0 amide bonds. The van der Waals surface area contributed by atoms with Crippen LogP contribution in [0.5, 0.6) is 11.5 Å². The van der Waals surface area contributed by atoms with E-state index in [4.69, 9.17) is 9.47 Å². The summed E-state index contributed by atoms with van der Waals surface area (Å²) in [6.07, 6.45) is 2.30. The average Bonchev–Trinajstić information content (AvgIpc) is 3.29. The van der Waals surface area contributed by atoms with Crippen molar-refractivity contribution in [3.05, 3.63) is 52.8 Å². The Morgan fingerprint density at radius 2 is 1.97 bits per heavy atom. The first kappa shape index (κ1) is 26.1. The van der Waals surface area contributed by atoms with Gasteiger partial charge in [0.1, 0.15) is 18.2 Å². The molecule has 1 fully saturated rings. The lowest BCUT2D eigenvalue weighted by Crippen LogP contribution is -2.33. The third-order valence-corrected chi connectivity index (χ3v) is 7.10. The number of rotatable bonds is 9. The minimum absolute atomic E-state index is 0.0332. The number of aryl methyl sites for hydroxylation is 1. The highest BCUT2D eigenvalue weighted by Gasteiger charge is 2.28. The normalized spacial score (nSPS) is 17.4. The van der Waals surface area contributed by atoms with Gasteiger partial charge in [0.05, 0.1) is 18.7 Å². The molecule has 194 valence electrons. The molecule has 4 rings (SSSR count). The Morgan fingerprint density at radius 3 is 2.67 bits per heavy atom. The lowest BCUT2D eigenvalue weighted by Gasteiger charge is -2.24. The number of hydrogen-bond donors (Lipinski definition) is 1. The molecule has 3 aromatic rings. The van der Waals surface area contributed by atoms with Gasteiger partial charge in [-0.25, -0.2) is 18.7 Å². The minimum Gasteiger partial charge on any atom is -0.493 e. The Kier molecular flexibility index (Phi) is 7.64. The first-order valence-corrected chi connectivity index (χ1v) is 12.6. The Labute approximate surface area is 212 Å². The summed E-state index contributed by atoms with van der Waals surface area (Å²) in [6.45, 7) is 11.3. The second kappa shape index (κ2) is 10.5. The van der Waals surface area contributed by atoms with E-state index in [-0.39, 0.29) is 11.6 Å². The number of benzene rings is 2. The van der Waals surface area contributed by atoms with Gasteiger partial charge in [0.25, 0.3) is 5.92 Å². The van der Waals surface area contributed by atoms with Crippen molar-refractivity contribution >= 4 is 16.7 Å². The molecule has 36 heavy (non-hydrogen) atoms. The molecule has 8 heteroatoms. The molecule has 0 radical (unpaired) electrons. The number of alkyl halides is 2. The summed E-state index contributed by atoms with van der Waals surface area (Å²) in [5.41, 5.74) is 2.13. The summed E-state index contributed by atoms with van der Waals surface area (Å²) in [4.78, 5) is 11.7. The van der Waals surface area contributed by atoms with Crippen molar-refractivity contribution in [2.75, 3.05) is 32.1 Å². The number of anilines is 1. The van der Waals surface area contributed by atoms with Crippen LogP contribution in [0.4, 0.5) is 14.6 Å². The first-order chi connectivity index (χ1) is 17.1. The maximum Gasteiger partial charge on any atom is 0.270 e. The highest BCUT2D eigenvalue weighted by molar-refractivity contribution is 5.92. The fourth-order valence-electron chi connectivity index (χ4n) is 5.20. The fraction of sp³-hybridized carbons (Fsp3) is 0.500. The van der Waals surface area contributed by atoms with Gasteiger partial charge in [-0.3, -0.25) is 4.90 Å². The van der Waals surface area contributed by atoms with Crippen molar-refractivity contribution in [3.63, 3.8) is 0 Å². The zero-order valence-electron chi connectivity index (χ0n) is 22.0. The van der Waals surface area contributed by atoms with Crippen LogP contribution in [-0.2, 0) is 5.92 Å². The van der Waals surface area contributed by atoms with E-state index < -0.39 is 5.92 Å². The highest BCUT2D eigenvalue weighted by Crippen LogP contribution is 2.37. The maximum atomic E-state index is 14.1.